The van der Waals surface area contributed by atoms with Crippen LogP contribution in [0.1, 0.15) is 39.5 Å². The molecule has 136 valence electrons. The molecular weight excluding hydrogens is 322 g/mol. The van der Waals surface area contributed by atoms with Gasteiger partial charge in [-0.3, -0.25) is 9.69 Å². The molecule has 1 aliphatic heterocycles. The number of carbonyl (C=O) groups excluding carboxylic acids is 1. The van der Waals surface area contributed by atoms with Crippen LogP contribution in [0.4, 0.5) is 5.69 Å². The zero-order chi connectivity index (χ0) is 16.5. The number of halogens is 1. The molecule has 0 bridgehead atoms. The Balaban J connectivity index is 0.00000288. The molecular formula is C19H32ClN3O. The zero-order valence-electron chi connectivity index (χ0n) is 15.0. The molecule has 1 amide bonds. The van der Waals surface area contributed by atoms with Crippen molar-refractivity contribution >= 4 is 24.0 Å². The second-order valence-electron chi connectivity index (χ2n) is 6.66. The van der Waals surface area contributed by atoms with Crippen LogP contribution in [0.5, 0.6) is 0 Å². The molecule has 0 aromatic heterocycles. The molecule has 1 fully saturated rings. The molecule has 2 N–H and O–H groups in total. The highest BCUT2D eigenvalue weighted by molar-refractivity contribution is 5.91. The Morgan fingerprint density at radius 3 is 2.58 bits per heavy atom. The van der Waals surface area contributed by atoms with Crippen LogP contribution in [0.15, 0.2) is 30.3 Å². The van der Waals surface area contributed by atoms with Gasteiger partial charge in [-0.25, -0.2) is 0 Å². The van der Waals surface area contributed by atoms with Gasteiger partial charge in [-0.15, -0.1) is 12.4 Å². The number of nitrogens with one attached hydrogen (secondary N) is 2. The predicted octanol–water partition coefficient (Wildman–Crippen LogP) is 3.54. The SMILES string of the molecule is CCCN(CC1CCNCC1)C(C)CC(=O)Nc1ccccc1.Cl. The van der Waals surface area contributed by atoms with Crippen molar-refractivity contribution in [2.24, 2.45) is 5.92 Å². The number of piperidine rings is 1. The number of hydrogen-bond donors (Lipinski definition) is 2. The number of benzene rings is 1. The quantitative estimate of drug-likeness (QED) is 0.751. The van der Waals surface area contributed by atoms with Crippen LogP contribution in [-0.4, -0.2) is 43.0 Å². The third kappa shape index (κ3) is 7.20. The number of anilines is 1. The fourth-order valence-electron chi connectivity index (χ4n) is 3.31. The van der Waals surface area contributed by atoms with Crippen molar-refractivity contribution < 1.29 is 4.79 Å². The molecule has 0 radical (unpaired) electrons. The predicted molar refractivity (Wildman–Crippen MR) is 104 cm³/mol. The van der Waals surface area contributed by atoms with E-state index in [0.29, 0.717) is 6.42 Å². The van der Waals surface area contributed by atoms with Crippen molar-refractivity contribution in [3.05, 3.63) is 30.3 Å². The highest BCUT2D eigenvalue weighted by atomic mass is 35.5. The van der Waals surface area contributed by atoms with Gasteiger partial charge in [0.1, 0.15) is 0 Å². The topological polar surface area (TPSA) is 44.4 Å². The van der Waals surface area contributed by atoms with Gasteiger partial charge in [0, 0.05) is 24.7 Å². The van der Waals surface area contributed by atoms with E-state index in [1.165, 1.54) is 12.8 Å². The summed E-state index contributed by atoms with van der Waals surface area (Å²) in [6, 6.07) is 10.00. The number of carbonyl (C=O) groups is 1. The monoisotopic (exact) mass is 353 g/mol. The smallest absolute Gasteiger partial charge is 0.225 e. The summed E-state index contributed by atoms with van der Waals surface area (Å²) in [4.78, 5) is 14.8. The van der Waals surface area contributed by atoms with E-state index < -0.39 is 0 Å². The minimum absolute atomic E-state index is 0. The average Bonchev–Trinajstić information content (AvgIpc) is 2.56. The summed E-state index contributed by atoms with van der Waals surface area (Å²) in [7, 11) is 0. The van der Waals surface area contributed by atoms with E-state index in [1.54, 1.807) is 0 Å². The zero-order valence-corrected chi connectivity index (χ0v) is 15.8. The van der Waals surface area contributed by atoms with E-state index >= 15 is 0 Å². The van der Waals surface area contributed by atoms with Crippen molar-refractivity contribution in [1.29, 1.82) is 0 Å². The van der Waals surface area contributed by atoms with Crippen molar-refractivity contribution in [3.8, 4) is 0 Å². The van der Waals surface area contributed by atoms with Gasteiger partial charge in [0.2, 0.25) is 5.91 Å². The highest BCUT2D eigenvalue weighted by Gasteiger charge is 2.21. The van der Waals surface area contributed by atoms with Crippen LogP contribution in [0.25, 0.3) is 0 Å². The Morgan fingerprint density at radius 1 is 1.29 bits per heavy atom. The molecule has 1 atom stereocenters. The molecule has 5 heteroatoms. The first-order chi connectivity index (χ1) is 11.2. The summed E-state index contributed by atoms with van der Waals surface area (Å²) in [5, 5.41) is 6.42. The second-order valence-corrected chi connectivity index (χ2v) is 6.66. The van der Waals surface area contributed by atoms with Crippen LogP contribution in [0, 0.1) is 5.92 Å². The largest absolute Gasteiger partial charge is 0.326 e. The Bertz CT molecular complexity index is 463. The number of para-hydroxylation sites is 1. The Labute approximate surface area is 152 Å². The van der Waals surface area contributed by atoms with Gasteiger partial charge in [0.15, 0.2) is 0 Å². The normalized spacial score (nSPS) is 16.5. The van der Waals surface area contributed by atoms with Gasteiger partial charge in [-0.1, -0.05) is 25.1 Å². The van der Waals surface area contributed by atoms with Gasteiger partial charge < -0.3 is 10.6 Å². The maximum atomic E-state index is 12.3. The summed E-state index contributed by atoms with van der Waals surface area (Å²) in [5.74, 6) is 0.873. The highest BCUT2D eigenvalue weighted by Crippen LogP contribution is 2.17. The standard InChI is InChI=1S/C19H31N3O.ClH/c1-3-13-22(15-17-9-11-20-12-10-17)16(2)14-19(23)21-18-7-5-4-6-8-18;/h4-8,16-17,20H,3,9-15H2,1-2H3,(H,21,23);1H. The molecule has 1 aliphatic rings. The number of rotatable bonds is 8. The molecule has 4 nitrogen and oxygen atoms in total. The lowest BCUT2D eigenvalue weighted by molar-refractivity contribution is -0.117. The number of hydrogen-bond acceptors (Lipinski definition) is 3. The molecule has 24 heavy (non-hydrogen) atoms. The molecule has 0 saturated carbocycles. The summed E-state index contributed by atoms with van der Waals surface area (Å²) < 4.78 is 0. The molecule has 1 heterocycles. The fourth-order valence-corrected chi connectivity index (χ4v) is 3.31. The molecule has 2 rings (SSSR count). The minimum Gasteiger partial charge on any atom is -0.326 e. The minimum atomic E-state index is 0. The van der Waals surface area contributed by atoms with Crippen molar-refractivity contribution in [3.63, 3.8) is 0 Å². The van der Waals surface area contributed by atoms with Crippen molar-refractivity contribution in [2.75, 3.05) is 31.5 Å². The molecule has 0 aliphatic carbocycles. The van der Waals surface area contributed by atoms with Gasteiger partial charge in [0.05, 0.1) is 0 Å². The molecule has 1 saturated heterocycles. The third-order valence-corrected chi connectivity index (χ3v) is 4.62. The van der Waals surface area contributed by atoms with Gasteiger partial charge in [-0.05, 0) is 63.9 Å². The number of amides is 1. The molecule has 1 unspecified atom stereocenters. The van der Waals surface area contributed by atoms with Gasteiger partial charge >= 0.3 is 0 Å². The summed E-state index contributed by atoms with van der Waals surface area (Å²) >= 11 is 0. The lowest BCUT2D eigenvalue weighted by atomic mass is 9.96. The van der Waals surface area contributed by atoms with E-state index in [2.05, 4.69) is 29.4 Å². The maximum absolute atomic E-state index is 12.3. The Kier molecular flexibility index (Phi) is 9.99. The summed E-state index contributed by atoms with van der Waals surface area (Å²) in [6.07, 6.45) is 4.20. The molecule has 1 aromatic rings. The van der Waals surface area contributed by atoms with Crippen LogP contribution in [0.2, 0.25) is 0 Å². The van der Waals surface area contributed by atoms with Crippen molar-refractivity contribution in [2.45, 2.75) is 45.6 Å². The third-order valence-electron chi connectivity index (χ3n) is 4.62. The Hall–Kier alpha value is -1.10. The first-order valence-corrected chi connectivity index (χ1v) is 8.98. The second kappa shape index (κ2) is 11.5. The van der Waals surface area contributed by atoms with Gasteiger partial charge in [-0.2, -0.15) is 0 Å². The first-order valence-electron chi connectivity index (χ1n) is 8.98. The molecule has 1 aromatic carbocycles. The lowest BCUT2D eigenvalue weighted by Crippen LogP contribution is -2.42. The fraction of sp³-hybridized carbons (Fsp3) is 0.632. The van der Waals surface area contributed by atoms with Crippen LogP contribution in [0.3, 0.4) is 0 Å². The summed E-state index contributed by atoms with van der Waals surface area (Å²) in [6.45, 7) is 8.85. The summed E-state index contributed by atoms with van der Waals surface area (Å²) in [5.41, 5.74) is 0.880. The van der Waals surface area contributed by atoms with E-state index in [-0.39, 0.29) is 24.4 Å². The lowest BCUT2D eigenvalue weighted by Gasteiger charge is -2.33. The van der Waals surface area contributed by atoms with Crippen molar-refractivity contribution in [1.82, 2.24) is 10.2 Å². The van der Waals surface area contributed by atoms with Crippen LogP contribution < -0.4 is 10.6 Å². The van der Waals surface area contributed by atoms with E-state index in [1.807, 2.05) is 30.3 Å². The van der Waals surface area contributed by atoms with Gasteiger partial charge in [0.25, 0.3) is 0 Å². The Morgan fingerprint density at radius 2 is 1.96 bits per heavy atom. The van der Waals surface area contributed by atoms with Crippen LogP contribution in [-0.2, 0) is 4.79 Å². The number of nitrogens with zero attached hydrogens (tertiary/aromatic N) is 1. The van der Waals surface area contributed by atoms with E-state index in [4.69, 9.17) is 0 Å². The maximum Gasteiger partial charge on any atom is 0.225 e. The molecule has 0 spiro atoms. The van der Waals surface area contributed by atoms with Crippen LogP contribution >= 0.6 is 12.4 Å². The van der Waals surface area contributed by atoms with E-state index in [9.17, 15) is 4.79 Å². The van der Waals surface area contributed by atoms with E-state index in [0.717, 1.165) is 44.2 Å². The first kappa shape index (κ1) is 20.9. The average molecular weight is 354 g/mol.